The van der Waals surface area contributed by atoms with Crippen molar-refractivity contribution in [3.8, 4) is 5.75 Å². The van der Waals surface area contributed by atoms with Crippen molar-refractivity contribution in [1.82, 2.24) is 10.6 Å². The van der Waals surface area contributed by atoms with Crippen molar-refractivity contribution in [1.29, 1.82) is 0 Å². The molecule has 0 aliphatic heterocycles. The van der Waals surface area contributed by atoms with Gasteiger partial charge in [-0.25, -0.2) is 0 Å². The number of amides is 1. The molecule has 1 aromatic rings. The highest BCUT2D eigenvalue weighted by atomic mass is 35.5. The van der Waals surface area contributed by atoms with Crippen LogP contribution in [0.2, 0.25) is 5.02 Å². The Balaban J connectivity index is 2.44. The summed E-state index contributed by atoms with van der Waals surface area (Å²) in [6.07, 6.45) is 0. The van der Waals surface area contributed by atoms with E-state index in [4.69, 9.17) is 11.6 Å². The van der Waals surface area contributed by atoms with Gasteiger partial charge in [0.1, 0.15) is 5.75 Å². The Morgan fingerprint density at radius 1 is 1.33 bits per heavy atom. The molecule has 2 N–H and O–H groups in total. The Hall–Kier alpha value is -1.40. The molecule has 0 heterocycles. The predicted octanol–water partition coefficient (Wildman–Crippen LogP) is 2.80. The van der Waals surface area contributed by atoms with Crippen LogP contribution in [0, 0.1) is 5.92 Å². The third kappa shape index (κ3) is 6.73. The van der Waals surface area contributed by atoms with Gasteiger partial charge < -0.3 is 15.4 Å². The van der Waals surface area contributed by atoms with Crippen molar-refractivity contribution in [2.45, 2.75) is 27.0 Å². The number of benzene rings is 1. The van der Waals surface area contributed by atoms with Crippen molar-refractivity contribution < 1.29 is 18.3 Å². The summed E-state index contributed by atoms with van der Waals surface area (Å²) >= 11 is 5.84. The molecule has 0 fully saturated rings. The molecule has 1 rings (SSSR count). The number of hydrogen-bond donors (Lipinski definition) is 2. The van der Waals surface area contributed by atoms with Gasteiger partial charge in [0.15, 0.2) is 0 Å². The first kappa shape index (κ1) is 17.7. The van der Waals surface area contributed by atoms with E-state index in [2.05, 4.69) is 15.4 Å². The molecule has 0 bridgehead atoms. The van der Waals surface area contributed by atoms with Gasteiger partial charge >= 0.3 is 6.61 Å². The number of carbonyl (C=O) groups is 1. The molecule has 1 amide bonds. The third-order valence-corrected chi connectivity index (χ3v) is 2.91. The van der Waals surface area contributed by atoms with Gasteiger partial charge in [-0.1, -0.05) is 25.4 Å². The molecule has 0 aliphatic carbocycles. The van der Waals surface area contributed by atoms with Crippen LogP contribution in [0.3, 0.4) is 0 Å². The van der Waals surface area contributed by atoms with Crippen LogP contribution < -0.4 is 15.4 Å². The Kier molecular flexibility index (Phi) is 7.39. The highest BCUT2D eigenvalue weighted by Gasteiger charge is 2.10. The first-order chi connectivity index (χ1) is 9.90. The Labute approximate surface area is 127 Å². The summed E-state index contributed by atoms with van der Waals surface area (Å²) in [4.78, 5) is 11.3. The lowest BCUT2D eigenvalue weighted by Crippen LogP contribution is -2.34. The van der Waals surface area contributed by atoms with Gasteiger partial charge in [0.25, 0.3) is 0 Å². The van der Waals surface area contributed by atoms with Crippen LogP contribution in [-0.4, -0.2) is 25.6 Å². The van der Waals surface area contributed by atoms with Gasteiger partial charge in [-0.05, 0) is 18.2 Å². The average molecular weight is 321 g/mol. The quantitative estimate of drug-likeness (QED) is 0.724. The first-order valence-electron chi connectivity index (χ1n) is 6.61. The minimum absolute atomic E-state index is 0.0266. The zero-order valence-electron chi connectivity index (χ0n) is 12.0. The van der Waals surface area contributed by atoms with E-state index in [1.807, 2.05) is 13.8 Å². The van der Waals surface area contributed by atoms with Crippen molar-refractivity contribution in [3.63, 3.8) is 0 Å². The molecule has 0 atom stereocenters. The fraction of sp³-hybridized carbons (Fsp3) is 0.500. The van der Waals surface area contributed by atoms with E-state index in [0.717, 1.165) is 0 Å². The summed E-state index contributed by atoms with van der Waals surface area (Å²) < 4.78 is 29.0. The lowest BCUT2D eigenvalue weighted by atomic mass is 10.2. The highest BCUT2D eigenvalue weighted by Crippen LogP contribution is 2.24. The van der Waals surface area contributed by atoms with Crippen molar-refractivity contribution in [2.24, 2.45) is 5.92 Å². The minimum atomic E-state index is -2.88. The molecule has 21 heavy (non-hydrogen) atoms. The third-order valence-electron chi connectivity index (χ3n) is 2.68. The molecular formula is C14H19ClF2N2O2. The van der Waals surface area contributed by atoms with Gasteiger partial charge in [0, 0.05) is 36.1 Å². The van der Waals surface area contributed by atoms with E-state index in [9.17, 15) is 13.6 Å². The number of carbonyl (C=O) groups excluding carboxylic acids is 1. The average Bonchev–Trinajstić information content (AvgIpc) is 2.40. The molecule has 7 heteroatoms. The molecular weight excluding hydrogens is 302 g/mol. The lowest BCUT2D eigenvalue weighted by Gasteiger charge is -2.12. The normalized spacial score (nSPS) is 11.0. The predicted molar refractivity (Wildman–Crippen MR) is 77.6 cm³/mol. The zero-order valence-corrected chi connectivity index (χ0v) is 12.7. The van der Waals surface area contributed by atoms with Crippen LogP contribution in [-0.2, 0) is 11.3 Å². The number of halogens is 3. The summed E-state index contributed by atoms with van der Waals surface area (Å²) in [5, 5.41) is 6.23. The van der Waals surface area contributed by atoms with E-state index in [1.54, 1.807) is 6.07 Å². The van der Waals surface area contributed by atoms with Gasteiger partial charge in [-0.2, -0.15) is 8.78 Å². The topological polar surface area (TPSA) is 50.4 Å². The molecule has 0 unspecified atom stereocenters. The summed E-state index contributed by atoms with van der Waals surface area (Å²) in [7, 11) is 0. The summed E-state index contributed by atoms with van der Waals surface area (Å²) in [5.74, 6) is -0.00151. The second-order valence-electron chi connectivity index (χ2n) is 4.75. The smallest absolute Gasteiger partial charge is 0.387 e. The van der Waals surface area contributed by atoms with E-state index in [0.29, 0.717) is 30.2 Å². The maximum atomic E-state index is 12.3. The molecule has 118 valence electrons. The fourth-order valence-corrected chi connectivity index (χ4v) is 1.79. The molecule has 0 radical (unpaired) electrons. The maximum Gasteiger partial charge on any atom is 0.387 e. The fourth-order valence-electron chi connectivity index (χ4n) is 1.60. The zero-order chi connectivity index (χ0) is 15.8. The summed E-state index contributed by atoms with van der Waals surface area (Å²) in [5.41, 5.74) is 0.540. The Bertz CT molecular complexity index is 470. The number of hydrogen-bond acceptors (Lipinski definition) is 3. The van der Waals surface area contributed by atoms with Crippen LogP contribution in [0.25, 0.3) is 0 Å². The van der Waals surface area contributed by atoms with E-state index in [-0.39, 0.29) is 17.6 Å². The van der Waals surface area contributed by atoms with Crippen molar-refractivity contribution >= 4 is 17.5 Å². The SMILES string of the molecule is CC(C)C(=O)NCCNCc1cc(Cl)ccc1OC(F)F. The second-order valence-corrected chi connectivity index (χ2v) is 5.19. The molecule has 1 aromatic carbocycles. The molecule has 0 aromatic heterocycles. The summed E-state index contributed by atoms with van der Waals surface area (Å²) in [6.45, 7) is 2.03. The van der Waals surface area contributed by atoms with Crippen LogP contribution in [0.5, 0.6) is 5.75 Å². The Morgan fingerprint density at radius 3 is 2.67 bits per heavy atom. The summed E-state index contributed by atoms with van der Waals surface area (Å²) in [6, 6.07) is 4.47. The standard InChI is InChI=1S/C14H19ClF2N2O2/c1-9(2)13(20)19-6-5-18-8-10-7-11(15)3-4-12(10)21-14(16)17/h3-4,7,9,14,18H,5-6,8H2,1-2H3,(H,19,20). The van der Waals surface area contributed by atoms with E-state index < -0.39 is 6.61 Å². The number of ether oxygens (including phenoxy) is 1. The van der Waals surface area contributed by atoms with Gasteiger partial charge in [-0.3, -0.25) is 4.79 Å². The number of alkyl halides is 2. The minimum Gasteiger partial charge on any atom is -0.434 e. The Morgan fingerprint density at radius 2 is 2.05 bits per heavy atom. The molecule has 0 saturated carbocycles. The number of nitrogens with one attached hydrogen (secondary N) is 2. The van der Waals surface area contributed by atoms with Crippen molar-refractivity contribution in [3.05, 3.63) is 28.8 Å². The van der Waals surface area contributed by atoms with Crippen LogP contribution in [0.4, 0.5) is 8.78 Å². The second kappa shape index (κ2) is 8.79. The van der Waals surface area contributed by atoms with Crippen LogP contribution in [0.15, 0.2) is 18.2 Å². The number of rotatable bonds is 8. The maximum absolute atomic E-state index is 12.3. The monoisotopic (exact) mass is 320 g/mol. The molecule has 4 nitrogen and oxygen atoms in total. The van der Waals surface area contributed by atoms with E-state index in [1.165, 1.54) is 12.1 Å². The van der Waals surface area contributed by atoms with E-state index >= 15 is 0 Å². The first-order valence-corrected chi connectivity index (χ1v) is 6.99. The van der Waals surface area contributed by atoms with Gasteiger partial charge in [0.05, 0.1) is 0 Å². The van der Waals surface area contributed by atoms with Crippen LogP contribution >= 0.6 is 11.6 Å². The highest BCUT2D eigenvalue weighted by molar-refractivity contribution is 6.30. The van der Waals surface area contributed by atoms with Crippen molar-refractivity contribution in [2.75, 3.05) is 13.1 Å². The lowest BCUT2D eigenvalue weighted by molar-refractivity contribution is -0.123. The molecule has 0 saturated heterocycles. The molecule has 0 aliphatic rings. The molecule has 0 spiro atoms. The van der Waals surface area contributed by atoms with Gasteiger partial charge in [0.2, 0.25) is 5.91 Å². The van der Waals surface area contributed by atoms with Crippen LogP contribution in [0.1, 0.15) is 19.4 Å². The van der Waals surface area contributed by atoms with Gasteiger partial charge in [-0.15, -0.1) is 0 Å². The largest absolute Gasteiger partial charge is 0.434 e.